The van der Waals surface area contributed by atoms with Crippen LogP contribution in [0.1, 0.15) is 11.1 Å². The monoisotopic (exact) mass is 462 g/mol. The van der Waals surface area contributed by atoms with Crippen molar-refractivity contribution in [3.05, 3.63) is 112 Å². The van der Waals surface area contributed by atoms with Gasteiger partial charge in [0.25, 0.3) is 5.56 Å². The number of aromatic nitrogens is 5. The fourth-order valence-electron chi connectivity index (χ4n) is 4.09. The van der Waals surface area contributed by atoms with E-state index >= 15 is 0 Å². The van der Waals surface area contributed by atoms with Gasteiger partial charge < -0.3 is 0 Å². The molecule has 0 radical (unpaired) electrons. The third-order valence-corrected chi connectivity index (χ3v) is 5.88. The molecule has 7 nitrogen and oxygen atoms in total. The molecular formula is C27H19FN6O. The maximum atomic E-state index is 13.6. The zero-order chi connectivity index (χ0) is 23.8. The predicted octanol–water partition coefficient (Wildman–Crippen LogP) is 4.56. The Labute approximate surface area is 198 Å². The minimum Gasteiger partial charge on any atom is -0.298 e. The van der Waals surface area contributed by atoms with Gasteiger partial charge in [-0.1, -0.05) is 54.6 Å². The molecule has 0 spiro atoms. The van der Waals surface area contributed by atoms with Crippen molar-refractivity contribution in [2.24, 2.45) is 5.10 Å². The second kappa shape index (κ2) is 8.57. The van der Waals surface area contributed by atoms with Crippen LogP contribution >= 0.6 is 0 Å². The number of benzene rings is 3. The van der Waals surface area contributed by atoms with Gasteiger partial charge in [-0.25, -0.2) is 19.3 Å². The lowest BCUT2D eigenvalue weighted by atomic mass is 10.1. The molecule has 6 rings (SSSR count). The summed E-state index contributed by atoms with van der Waals surface area (Å²) in [6.45, 7) is 0.484. The highest BCUT2D eigenvalue weighted by molar-refractivity contribution is 6.04. The Morgan fingerprint density at radius 3 is 2.34 bits per heavy atom. The molecule has 0 fully saturated rings. The topological polar surface area (TPSA) is 78.0 Å². The molecule has 8 heteroatoms. The van der Waals surface area contributed by atoms with Crippen molar-refractivity contribution in [3.8, 4) is 0 Å². The van der Waals surface area contributed by atoms with Crippen LogP contribution < -0.4 is 5.56 Å². The number of aryl methyl sites for hydroxylation is 2. The molecule has 35 heavy (non-hydrogen) atoms. The lowest BCUT2D eigenvalue weighted by molar-refractivity contribution is 0.628. The Morgan fingerprint density at radius 2 is 1.57 bits per heavy atom. The van der Waals surface area contributed by atoms with E-state index in [-0.39, 0.29) is 11.4 Å². The van der Waals surface area contributed by atoms with Gasteiger partial charge in [0.05, 0.1) is 23.6 Å². The van der Waals surface area contributed by atoms with Crippen LogP contribution in [-0.4, -0.2) is 30.4 Å². The average molecular weight is 462 g/mol. The van der Waals surface area contributed by atoms with Gasteiger partial charge in [-0.05, 0) is 41.8 Å². The highest BCUT2D eigenvalue weighted by atomic mass is 19.1. The van der Waals surface area contributed by atoms with Crippen molar-refractivity contribution in [3.63, 3.8) is 0 Å². The fourth-order valence-corrected chi connectivity index (χ4v) is 4.09. The minimum absolute atomic E-state index is 0.198. The van der Waals surface area contributed by atoms with Gasteiger partial charge in [0.2, 0.25) is 0 Å². The van der Waals surface area contributed by atoms with Crippen molar-refractivity contribution in [2.45, 2.75) is 13.0 Å². The molecule has 0 aliphatic rings. The highest BCUT2D eigenvalue weighted by Crippen LogP contribution is 2.25. The van der Waals surface area contributed by atoms with Crippen molar-refractivity contribution >= 4 is 39.4 Å². The number of fused-ring (bicyclic) bond motifs is 4. The number of halogens is 1. The van der Waals surface area contributed by atoms with E-state index in [1.165, 1.54) is 23.1 Å². The lowest BCUT2D eigenvalue weighted by Gasteiger charge is -2.05. The Bertz CT molecular complexity index is 1770. The summed E-state index contributed by atoms with van der Waals surface area (Å²) < 4.78 is 16.4. The summed E-state index contributed by atoms with van der Waals surface area (Å²) in [7, 11) is 0. The van der Waals surface area contributed by atoms with E-state index in [2.05, 4.69) is 10.1 Å². The normalized spacial score (nSPS) is 11.8. The first kappa shape index (κ1) is 20.9. The second-order valence-electron chi connectivity index (χ2n) is 8.17. The predicted molar refractivity (Wildman–Crippen MR) is 134 cm³/mol. The Hall–Kier alpha value is -4.72. The second-order valence-corrected chi connectivity index (χ2v) is 8.17. The molecule has 0 amide bonds. The van der Waals surface area contributed by atoms with Crippen molar-refractivity contribution in [1.82, 2.24) is 24.2 Å². The van der Waals surface area contributed by atoms with Crippen LogP contribution in [-0.2, 0) is 13.0 Å². The number of hydrogen-bond acceptors (Lipinski definition) is 5. The molecule has 0 N–H and O–H groups in total. The molecular weight excluding hydrogens is 443 g/mol. The van der Waals surface area contributed by atoms with Crippen LogP contribution in [0.5, 0.6) is 0 Å². The van der Waals surface area contributed by atoms with Crippen LogP contribution in [0.2, 0.25) is 0 Å². The molecule has 3 heterocycles. The number of hydrogen-bond donors (Lipinski definition) is 0. The maximum Gasteiger partial charge on any atom is 0.265 e. The van der Waals surface area contributed by atoms with E-state index < -0.39 is 0 Å². The average Bonchev–Trinajstić information content (AvgIpc) is 3.20. The third-order valence-electron chi connectivity index (χ3n) is 5.88. The first-order valence-corrected chi connectivity index (χ1v) is 11.2. The summed E-state index contributed by atoms with van der Waals surface area (Å²) in [5.74, 6) is -0.325. The van der Waals surface area contributed by atoms with Gasteiger partial charge in [-0.2, -0.15) is 9.78 Å². The van der Waals surface area contributed by atoms with Crippen LogP contribution in [0.3, 0.4) is 0 Å². The zero-order valence-corrected chi connectivity index (χ0v) is 18.5. The SMILES string of the molecule is O=c1c2c3nc4ccccc4nc3n(/N=C/c3ccc(F)cc3)c2ncn1CCc1ccccc1. The molecule has 0 bridgehead atoms. The molecule has 0 unspecified atom stereocenters. The summed E-state index contributed by atoms with van der Waals surface area (Å²) >= 11 is 0. The molecule has 0 aliphatic heterocycles. The number of nitrogens with zero attached hydrogens (tertiary/aromatic N) is 6. The Morgan fingerprint density at radius 1 is 0.857 bits per heavy atom. The van der Waals surface area contributed by atoms with Gasteiger partial charge in [-0.3, -0.25) is 9.36 Å². The molecule has 0 saturated carbocycles. The highest BCUT2D eigenvalue weighted by Gasteiger charge is 2.19. The first-order valence-electron chi connectivity index (χ1n) is 11.2. The van der Waals surface area contributed by atoms with E-state index in [4.69, 9.17) is 9.97 Å². The van der Waals surface area contributed by atoms with Crippen molar-refractivity contribution in [1.29, 1.82) is 0 Å². The summed E-state index contributed by atoms with van der Waals surface area (Å²) in [5.41, 5.74) is 4.25. The Balaban J connectivity index is 1.53. The van der Waals surface area contributed by atoms with Crippen molar-refractivity contribution < 1.29 is 4.39 Å². The van der Waals surface area contributed by atoms with Gasteiger partial charge in [0.1, 0.15) is 16.7 Å². The van der Waals surface area contributed by atoms with Crippen LogP contribution in [0.25, 0.3) is 33.2 Å². The quantitative estimate of drug-likeness (QED) is 0.352. The van der Waals surface area contributed by atoms with Crippen LogP contribution in [0.4, 0.5) is 4.39 Å². The molecule has 0 atom stereocenters. The number of para-hydroxylation sites is 2. The largest absolute Gasteiger partial charge is 0.298 e. The third kappa shape index (κ3) is 3.85. The first-order chi connectivity index (χ1) is 17.2. The summed E-state index contributed by atoms with van der Waals surface area (Å²) in [5, 5.41) is 4.92. The Kier molecular flexibility index (Phi) is 5.11. The molecule has 0 aliphatic carbocycles. The zero-order valence-electron chi connectivity index (χ0n) is 18.5. The van der Waals surface area contributed by atoms with Crippen molar-refractivity contribution in [2.75, 3.05) is 0 Å². The van der Waals surface area contributed by atoms with E-state index in [0.29, 0.717) is 51.8 Å². The van der Waals surface area contributed by atoms with Crippen LogP contribution in [0, 0.1) is 5.82 Å². The standard InChI is InChI=1S/C27H19FN6O/c28-20-12-10-19(11-13-20)16-30-34-25-23(24-26(34)32-22-9-5-4-8-21(22)31-24)27(35)33(17-29-25)15-14-18-6-2-1-3-7-18/h1-13,16-17H,14-15H2/b30-16+. The summed E-state index contributed by atoms with van der Waals surface area (Å²) in [6, 6.07) is 23.4. The fraction of sp³-hybridized carbons (Fsp3) is 0.0741. The summed E-state index contributed by atoms with van der Waals surface area (Å²) in [4.78, 5) is 27.7. The number of rotatable bonds is 5. The molecule has 3 aromatic heterocycles. The van der Waals surface area contributed by atoms with E-state index in [9.17, 15) is 9.18 Å². The maximum absolute atomic E-state index is 13.6. The van der Waals surface area contributed by atoms with E-state index in [0.717, 1.165) is 5.56 Å². The molecule has 3 aromatic carbocycles. The van der Waals surface area contributed by atoms with Gasteiger partial charge >= 0.3 is 0 Å². The van der Waals surface area contributed by atoms with E-state index in [1.807, 2.05) is 54.6 Å². The van der Waals surface area contributed by atoms with E-state index in [1.54, 1.807) is 22.9 Å². The van der Waals surface area contributed by atoms with Gasteiger partial charge in [0.15, 0.2) is 11.3 Å². The smallest absolute Gasteiger partial charge is 0.265 e. The summed E-state index contributed by atoms with van der Waals surface area (Å²) in [6.07, 6.45) is 3.82. The minimum atomic E-state index is -0.325. The van der Waals surface area contributed by atoms with Crippen LogP contribution in [0.15, 0.2) is 95.1 Å². The lowest BCUT2D eigenvalue weighted by Crippen LogP contribution is -2.21. The molecule has 6 aromatic rings. The molecule has 170 valence electrons. The van der Waals surface area contributed by atoms with Gasteiger partial charge in [-0.15, -0.1) is 0 Å². The van der Waals surface area contributed by atoms with Gasteiger partial charge in [0, 0.05) is 6.54 Å². The molecule has 0 saturated heterocycles.